The van der Waals surface area contributed by atoms with Gasteiger partial charge in [0.25, 0.3) is 0 Å². The molecule has 0 radical (unpaired) electrons. The highest BCUT2D eigenvalue weighted by Crippen LogP contribution is 2.22. The van der Waals surface area contributed by atoms with Crippen molar-refractivity contribution in [2.24, 2.45) is 0 Å². The minimum atomic E-state index is -0.518. The zero-order valence-electron chi connectivity index (χ0n) is 13.5. The second kappa shape index (κ2) is 9.27. The van der Waals surface area contributed by atoms with Gasteiger partial charge in [-0.05, 0) is 36.4 Å². The maximum Gasteiger partial charge on any atom is 0.411 e. The number of anilines is 1. The fraction of sp³-hybridized carbons (Fsp3) is 0.278. The number of hydrogen-bond acceptors (Lipinski definition) is 4. The number of carbonyl (C=O) groups is 1. The SMILES string of the molecule is CN(CCO)Cc1cc(NC(=O)OCc2ccccc2)ccc1Cl. The first kappa shape index (κ1) is 18.3. The number of aliphatic hydroxyl groups is 1. The van der Waals surface area contributed by atoms with E-state index in [1.54, 1.807) is 18.2 Å². The van der Waals surface area contributed by atoms with Crippen LogP contribution in [-0.4, -0.2) is 36.3 Å². The van der Waals surface area contributed by atoms with E-state index in [9.17, 15) is 4.79 Å². The van der Waals surface area contributed by atoms with Gasteiger partial charge in [0.05, 0.1) is 6.61 Å². The molecule has 0 heterocycles. The van der Waals surface area contributed by atoms with E-state index in [0.29, 0.717) is 23.8 Å². The lowest BCUT2D eigenvalue weighted by Crippen LogP contribution is -2.21. The molecule has 0 aliphatic carbocycles. The third-order valence-corrected chi connectivity index (χ3v) is 3.80. The molecule has 2 rings (SSSR count). The topological polar surface area (TPSA) is 61.8 Å². The molecule has 0 aromatic heterocycles. The zero-order valence-corrected chi connectivity index (χ0v) is 14.3. The van der Waals surface area contributed by atoms with Crippen LogP contribution in [-0.2, 0) is 17.9 Å². The molecule has 0 aliphatic rings. The van der Waals surface area contributed by atoms with Crippen molar-refractivity contribution in [1.82, 2.24) is 4.90 Å². The Kier molecular flexibility index (Phi) is 7.06. The molecular weight excluding hydrogens is 328 g/mol. The predicted molar refractivity (Wildman–Crippen MR) is 95.1 cm³/mol. The maximum absolute atomic E-state index is 11.9. The van der Waals surface area contributed by atoms with E-state index in [2.05, 4.69) is 5.32 Å². The lowest BCUT2D eigenvalue weighted by Gasteiger charge is -2.17. The van der Waals surface area contributed by atoms with Crippen molar-refractivity contribution in [2.75, 3.05) is 25.5 Å². The monoisotopic (exact) mass is 348 g/mol. The Morgan fingerprint density at radius 2 is 2.00 bits per heavy atom. The molecule has 0 bridgehead atoms. The van der Waals surface area contributed by atoms with Crippen LogP contribution in [0.2, 0.25) is 5.02 Å². The summed E-state index contributed by atoms with van der Waals surface area (Å²) in [7, 11) is 1.89. The van der Waals surface area contributed by atoms with E-state index in [1.807, 2.05) is 42.3 Å². The normalized spacial score (nSPS) is 10.7. The molecule has 5 nitrogen and oxygen atoms in total. The Morgan fingerprint density at radius 3 is 2.71 bits per heavy atom. The van der Waals surface area contributed by atoms with E-state index in [0.717, 1.165) is 11.1 Å². The number of carbonyl (C=O) groups excluding carboxylic acids is 1. The largest absolute Gasteiger partial charge is 0.444 e. The first-order valence-corrected chi connectivity index (χ1v) is 8.02. The molecule has 1 amide bonds. The Labute approximate surface area is 146 Å². The average molecular weight is 349 g/mol. The van der Waals surface area contributed by atoms with Gasteiger partial charge >= 0.3 is 6.09 Å². The Bertz CT molecular complexity index is 665. The first-order chi connectivity index (χ1) is 11.6. The molecule has 6 heteroatoms. The van der Waals surface area contributed by atoms with Gasteiger partial charge in [0.1, 0.15) is 6.61 Å². The fourth-order valence-electron chi connectivity index (χ4n) is 2.19. The number of nitrogens with zero attached hydrogens (tertiary/aromatic N) is 1. The van der Waals surface area contributed by atoms with Gasteiger partial charge in [-0.15, -0.1) is 0 Å². The molecule has 0 aliphatic heterocycles. The summed E-state index contributed by atoms with van der Waals surface area (Å²) < 4.78 is 5.20. The van der Waals surface area contributed by atoms with Gasteiger partial charge in [0.15, 0.2) is 0 Å². The van der Waals surface area contributed by atoms with E-state index >= 15 is 0 Å². The summed E-state index contributed by atoms with van der Waals surface area (Å²) in [5.74, 6) is 0. The molecule has 0 spiro atoms. The molecule has 0 saturated carbocycles. The number of likely N-dealkylation sites (N-methyl/N-ethyl adjacent to an activating group) is 1. The molecular formula is C18H21ClN2O3. The summed E-state index contributed by atoms with van der Waals surface area (Å²) >= 11 is 6.19. The van der Waals surface area contributed by atoms with Crippen LogP contribution in [0.3, 0.4) is 0 Å². The lowest BCUT2D eigenvalue weighted by atomic mass is 10.2. The molecule has 0 atom stereocenters. The minimum Gasteiger partial charge on any atom is -0.444 e. The van der Waals surface area contributed by atoms with Crippen LogP contribution in [0.25, 0.3) is 0 Å². The third kappa shape index (κ3) is 5.85. The van der Waals surface area contributed by atoms with Crippen molar-refractivity contribution < 1.29 is 14.6 Å². The number of nitrogens with one attached hydrogen (secondary N) is 1. The number of ether oxygens (including phenoxy) is 1. The number of rotatable bonds is 7. The summed E-state index contributed by atoms with van der Waals surface area (Å²) in [6.07, 6.45) is -0.518. The number of hydrogen-bond donors (Lipinski definition) is 2. The summed E-state index contributed by atoms with van der Waals surface area (Å²) in [5, 5.41) is 12.3. The molecule has 0 saturated heterocycles. The Balaban J connectivity index is 1.92. The van der Waals surface area contributed by atoms with Gasteiger partial charge in [0.2, 0.25) is 0 Å². The smallest absolute Gasteiger partial charge is 0.411 e. The van der Waals surface area contributed by atoms with E-state index in [1.165, 1.54) is 0 Å². The molecule has 2 aromatic rings. The number of aliphatic hydroxyl groups excluding tert-OH is 1. The van der Waals surface area contributed by atoms with Crippen LogP contribution in [0.1, 0.15) is 11.1 Å². The van der Waals surface area contributed by atoms with Gasteiger partial charge in [-0.2, -0.15) is 0 Å². The molecule has 2 aromatic carbocycles. The number of halogens is 1. The quantitative estimate of drug-likeness (QED) is 0.803. The van der Waals surface area contributed by atoms with Crippen LogP contribution < -0.4 is 5.32 Å². The van der Waals surface area contributed by atoms with Crippen molar-refractivity contribution in [3.8, 4) is 0 Å². The van der Waals surface area contributed by atoms with E-state index in [-0.39, 0.29) is 13.2 Å². The lowest BCUT2D eigenvalue weighted by molar-refractivity contribution is 0.155. The van der Waals surface area contributed by atoms with Crippen molar-refractivity contribution in [3.63, 3.8) is 0 Å². The highest BCUT2D eigenvalue weighted by atomic mass is 35.5. The van der Waals surface area contributed by atoms with Crippen molar-refractivity contribution in [1.29, 1.82) is 0 Å². The van der Waals surface area contributed by atoms with Crippen molar-refractivity contribution in [3.05, 3.63) is 64.7 Å². The number of amides is 1. The Hall–Kier alpha value is -2.08. The summed E-state index contributed by atoms with van der Waals surface area (Å²) in [5.41, 5.74) is 2.41. The van der Waals surface area contributed by atoms with Crippen molar-refractivity contribution in [2.45, 2.75) is 13.2 Å². The third-order valence-electron chi connectivity index (χ3n) is 3.43. The Morgan fingerprint density at radius 1 is 1.25 bits per heavy atom. The van der Waals surface area contributed by atoms with E-state index < -0.39 is 6.09 Å². The van der Waals surface area contributed by atoms with Crippen molar-refractivity contribution >= 4 is 23.4 Å². The van der Waals surface area contributed by atoms with Gasteiger partial charge in [-0.25, -0.2) is 4.79 Å². The molecule has 128 valence electrons. The van der Waals surface area contributed by atoms with Crippen LogP contribution in [0, 0.1) is 0 Å². The van der Waals surface area contributed by atoms with Crippen LogP contribution >= 0.6 is 11.6 Å². The number of benzene rings is 2. The predicted octanol–water partition coefficient (Wildman–Crippen LogP) is 3.51. The zero-order chi connectivity index (χ0) is 17.4. The summed E-state index contributed by atoms with van der Waals surface area (Å²) in [4.78, 5) is 13.8. The van der Waals surface area contributed by atoms with Gasteiger partial charge in [0, 0.05) is 23.8 Å². The minimum absolute atomic E-state index is 0.0812. The second-order valence-corrected chi connectivity index (χ2v) is 5.86. The highest BCUT2D eigenvalue weighted by Gasteiger charge is 2.08. The van der Waals surface area contributed by atoms with Crippen LogP contribution in [0.15, 0.2) is 48.5 Å². The van der Waals surface area contributed by atoms with Gasteiger partial charge < -0.3 is 9.84 Å². The molecule has 0 fully saturated rings. The van der Waals surface area contributed by atoms with Gasteiger partial charge in [-0.1, -0.05) is 41.9 Å². The second-order valence-electron chi connectivity index (χ2n) is 5.45. The molecule has 24 heavy (non-hydrogen) atoms. The molecule has 0 unspecified atom stereocenters. The average Bonchev–Trinajstić information content (AvgIpc) is 2.57. The van der Waals surface area contributed by atoms with Gasteiger partial charge in [-0.3, -0.25) is 10.2 Å². The highest BCUT2D eigenvalue weighted by molar-refractivity contribution is 6.31. The standard InChI is InChI=1S/C18H21ClN2O3/c1-21(9-10-22)12-15-11-16(7-8-17(15)19)20-18(23)24-13-14-5-3-2-4-6-14/h2-8,11,22H,9-10,12-13H2,1H3,(H,20,23). The van der Waals surface area contributed by atoms with E-state index in [4.69, 9.17) is 21.4 Å². The summed E-state index contributed by atoms with van der Waals surface area (Å²) in [6.45, 7) is 1.42. The maximum atomic E-state index is 11.9. The fourth-order valence-corrected chi connectivity index (χ4v) is 2.37. The first-order valence-electron chi connectivity index (χ1n) is 7.64. The van der Waals surface area contributed by atoms with Crippen LogP contribution in [0.5, 0.6) is 0 Å². The molecule has 2 N–H and O–H groups in total. The summed E-state index contributed by atoms with van der Waals surface area (Å²) in [6, 6.07) is 14.7. The van der Waals surface area contributed by atoms with Crippen LogP contribution in [0.4, 0.5) is 10.5 Å².